The highest BCUT2D eigenvalue weighted by molar-refractivity contribution is 6.00. The third-order valence-electron chi connectivity index (χ3n) is 6.53. The van der Waals surface area contributed by atoms with Crippen LogP contribution in [0, 0.1) is 0 Å². The van der Waals surface area contributed by atoms with Crippen LogP contribution in [-0.2, 0) is 22.3 Å². The molecule has 0 unspecified atom stereocenters. The number of nitrogens with one attached hydrogen (secondary N) is 1. The van der Waals surface area contributed by atoms with Crippen molar-refractivity contribution in [2.75, 3.05) is 6.61 Å². The van der Waals surface area contributed by atoms with E-state index in [1.54, 1.807) is 24.3 Å². The Kier molecular flexibility index (Phi) is 8.68. The van der Waals surface area contributed by atoms with E-state index in [0.717, 1.165) is 28.8 Å². The van der Waals surface area contributed by atoms with Crippen LogP contribution in [0.4, 0.5) is 13.2 Å². The maximum Gasteiger partial charge on any atom is 0.416 e. The molecular formula is C33H25F3N2O5. The number of halogens is 3. The van der Waals surface area contributed by atoms with Crippen molar-refractivity contribution >= 4 is 11.9 Å². The lowest BCUT2D eigenvalue weighted by atomic mass is 10.0. The van der Waals surface area contributed by atoms with Crippen molar-refractivity contribution in [2.24, 2.45) is 0 Å². The minimum absolute atomic E-state index is 0.0237. The van der Waals surface area contributed by atoms with Gasteiger partial charge in [0, 0.05) is 11.1 Å². The van der Waals surface area contributed by atoms with Gasteiger partial charge in [-0.15, -0.1) is 0 Å². The van der Waals surface area contributed by atoms with Gasteiger partial charge in [-0.2, -0.15) is 13.2 Å². The number of carbonyl (C=O) groups is 2. The zero-order valence-electron chi connectivity index (χ0n) is 22.5. The summed E-state index contributed by atoms with van der Waals surface area (Å²) >= 11 is 0. The molecule has 0 aliphatic carbocycles. The quantitative estimate of drug-likeness (QED) is 0.181. The Hall–Kier alpha value is -5.22. The molecule has 0 fully saturated rings. The summed E-state index contributed by atoms with van der Waals surface area (Å²) in [5.41, 5.74) is 1.80. The SMILES string of the molecule is O=C(N[C@H](COCc1ccccc1)C(=O)O)c1nc(-c2ccc(-c3ccccc3)cc2)oc1-c1cccc(C(F)(F)F)c1. The molecule has 0 spiro atoms. The number of rotatable bonds is 10. The van der Waals surface area contributed by atoms with Gasteiger partial charge in [0.1, 0.15) is 0 Å². The highest BCUT2D eigenvalue weighted by Crippen LogP contribution is 2.35. The first kappa shape index (κ1) is 29.3. The topological polar surface area (TPSA) is 102 Å². The van der Waals surface area contributed by atoms with Crippen LogP contribution in [0.1, 0.15) is 21.6 Å². The molecule has 1 atom stereocenters. The van der Waals surface area contributed by atoms with Gasteiger partial charge in [0.2, 0.25) is 5.89 Å². The number of benzene rings is 4. The summed E-state index contributed by atoms with van der Waals surface area (Å²) in [5, 5.41) is 12.1. The Labute approximate surface area is 244 Å². The highest BCUT2D eigenvalue weighted by Gasteiger charge is 2.32. The molecule has 1 heterocycles. The third-order valence-corrected chi connectivity index (χ3v) is 6.53. The van der Waals surface area contributed by atoms with Crippen LogP contribution >= 0.6 is 0 Å². The Morgan fingerprint density at radius 2 is 1.42 bits per heavy atom. The molecule has 0 radical (unpaired) electrons. The fourth-order valence-corrected chi connectivity index (χ4v) is 4.34. The molecule has 0 saturated carbocycles. The van der Waals surface area contributed by atoms with E-state index in [9.17, 15) is 27.9 Å². The lowest BCUT2D eigenvalue weighted by Crippen LogP contribution is -2.44. The van der Waals surface area contributed by atoms with Crippen LogP contribution in [-0.4, -0.2) is 34.6 Å². The Balaban J connectivity index is 1.45. The van der Waals surface area contributed by atoms with E-state index < -0.39 is 29.7 Å². The van der Waals surface area contributed by atoms with Crippen LogP contribution in [0.25, 0.3) is 33.9 Å². The van der Waals surface area contributed by atoms with Gasteiger partial charge in [-0.25, -0.2) is 9.78 Å². The van der Waals surface area contributed by atoms with Gasteiger partial charge in [0.15, 0.2) is 17.5 Å². The van der Waals surface area contributed by atoms with Gasteiger partial charge in [-0.3, -0.25) is 4.79 Å². The largest absolute Gasteiger partial charge is 0.480 e. The molecule has 5 aromatic rings. The molecular weight excluding hydrogens is 561 g/mol. The Bertz CT molecular complexity index is 1700. The second kappa shape index (κ2) is 12.7. The summed E-state index contributed by atoms with van der Waals surface area (Å²) in [6.45, 7) is -0.246. The lowest BCUT2D eigenvalue weighted by Gasteiger charge is -2.14. The summed E-state index contributed by atoms with van der Waals surface area (Å²) in [7, 11) is 0. The molecule has 0 saturated heterocycles. The number of ether oxygens (including phenoxy) is 1. The number of alkyl halides is 3. The third kappa shape index (κ3) is 7.17. The number of nitrogens with zero attached hydrogens (tertiary/aromatic N) is 1. The van der Waals surface area contributed by atoms with E-state index in [1.807, 2.05) is 60.7 Å². The number of amides is 1. The van der Waals surface area contributed by atoms with Crippen LogP contribution in [0.3, 0.4) is 0 Å². The summed E-state index contributed by atoms with van der Waals surface area (Å²) in [6.07, 6.45) is -4.64. The van der Waals surface area contributed by atoms with Gasteiger partial charge >= 0.3 is 12.1 Å². The molecule has 4 aromatic carbocycles. The highest BCUT2D eigenvalue weighted by atomic mass is 19.4. The normalized spacial score (nSPS) is 12.1. The minimum atomic E-state index is -4.64. The molecule has 1 aromatic heterocycles. The first-order valence-corrected chi connectivity index (χ1v) is 13.2. The van der Waals surface area contributed by atoms with Gasteiger partial charge in [0.25, 0.3) is 5.91 Å². The summed E-state index contributed by atoms with van der Waals surface area (Å²) in [6, 6.07) is 28.5. The summed E-state index contributed by atoms with van der Waals surface area (Å²) < 4.78 is 51.9. The van der Waals surface area contributed by atoms with Gasteiger partial charge in [0.05, 0.1) is 18.8 Å². The van der Waals surface area contributed by atoms with Crippen molar-refractivity contribution < 1.29 is 37.0 Å². The van der Waals surface area contributed by atoms with E-state index in [0.29, 0.717) is 5.56 Å². The van der Waals surface area contributed by atoms with E-state index in [-0.39, 0.29) is 36.1 Å². The molecule has 2 N–H and O–H groups in total. The predicted octanol–water partition coefficient (Wildman–Crippen LogP) is 7.09. The number of oxazole rings is 1. The molecule has 0 aliphatic rings. The van der Waals surface area contributed by atoms with Crippen LogP contribution in [0.15, 0.2) is 114 Å². The first-order valence-electron chi connectivity index (χ1n) is 13.2. The standard InChI is InChI=1S/C33H25F3N2O5/c34-33(35,36)26-13-7-12-25(18-26)29-28(30(39)37-27(32(40)41)20-42-19-21-8-3-1-4-9-21)38-31(43-29)24-16-14-23(15-17-24)22-10-5-2-6-11-22/h1-18,27H,19-20H2,(H,37,39)(H,40,41)/t27-/m1/s1. The summed E-state index contributed by atoms with van der Waals surface area (Å²) in [5.74, 6) is -2.56. The van der Waals surface area contributed by atoms with E-state index in [2.05, 4.69) is 10.3 Å². The zero-order chi connectivity index (χ0) is 30.4. The number of aliphatic carboxylic acids is 1. The smallest absolute Gasteiger partial charge is 0.416 e. The molecule has 0 bridgehead atoms. The van der Waals surface area contributed by atoms with Crippen molar-refractivity contribution in [3.63, 3.8) is 0 Å². The molecule has 5 rings (SSSR count). The minimum Gasteiger partial charge on any atom is -0.480 e. The monoisotopic (exact) mass is 586 g/mol. The second-order valence-corrected chi connectivity index (χ2v) is 9.58. The van der Waals surface area contributed by atoms with Crippen LogP contribution < -0.4 is 5.32 Å². The van der Waals surface area contributed by atoms with Crippen molar-refractivity contribution in [2.45, 2.75) is 18.8 Å². The summed E-state index contributed by atoms with van der Waals surface area (Å²) in [4.78, 5) is 29.6. The van der Waals surface area contributed by atoms with Crippen molar-refractivity contribution in [1.29, 1.82) is 0 Å². The molecule has 43 heavy (non-hydrogen) atoms. The Morgan fingerprint density at radius 3 is 2.07 bits per heavy atom. The molecule has 1 amide bonds. The first-order chi connectivity index (χ1) is 20.7. The van der Waals surface area contributed by atoms with Crippen molar-refractivity contribution in [3.05, 3.63) is 126 Å². The predicted molar refractivity (Wildman–Crippen MR) is 153 cm³/mol. The zero-order valence-corrected chi connectivity index (χ0v) is 22.5. The maximum absolute atomic E-state index is 13.5. The van der Waals surface area contributed by atoms with E-state index in [1.165, 1.54) is 12.1 Å². The number of hydrogen-bond donors (Lipinski definition) is 2. The average Bonchev–Trinajstić information content (AvgIpc) is 3.47. The number of carboxylic acid groups (broad SMARTS) is 1. The van der Waals surface area contributed by atoms with Gasteiger partial charge in [-0.1, -0.05) is 84.9 Å². The molecule has 10 heteroatoms. The molecule has 7 nitrogen and oxygen atoms in total. The fraction of sp³-hybridized carbons (Fsp3) is 0.121. The fourth-order valence-electron chi connectivity index (χ4n) is 4.34. The number of carbonyl (C=O) groups excluding carboxylic acids is 1. The Morgan fingerprint density at radius 1 is 0.814 bits per heavy atom. The average molecular weight is 587 g/mol. The number of hydrogen-bond acceptors (Lipinski definition) is 5. The van der Waals surface area contributed by atoms with Gasteiger partial charge < -0.3 is 19.6 Å². The lowest BCUT2D eigenvalue weighted by molar-refractivity contribution is -0.141. The maximum atomic E-state index is 13.5. The van der Waals surface area contributed by atoms with E-state index >= 15 is 0 Å². The second-order valence-electron chi connectivity index (χ2n) is 9.58. The number of carboxylic acids is 1. The van der Waals surface area contributed by atoms with Crippen molar-refractivity contribution in [1.82, 2.24) is 10.3 Å². The van der Waals surface area contributed by atoms with Crippen LogP contribution in [0.2, 0.25) is 0 Å². The van der Waals surface area contributed by atoms with Crippen LogP contribution in [0.5, 0.6) is 0 Å². The van der Waals surface area contributed by atoms with E-state index in [4.69, 9.17) is 9.15 Å². The van der Waals surface area contributed by atoms with Crippen molar-refractivity contribution in [3.8, 4) is 33.9 Å². The molecule has 0 aliphatic heterocycles. The molecule has 218 valence electrons. The number of aromatic nitrogens is 1. The van der Waals surface area contributed by atoms with Gasteiger partial charge in [-0.05, 0) is 41.0 Å².